The summed E-state index contributed by atoms with van der Waals surface area (Å²) in [4.78, 5) is 25.3. The fourth-order valence-electron chi connectivity index (χ4n) is 2.68. The minimum Gasteiger partial charge on any atom is -0.493 e. The third kappa shape index (κ3) is 5.83. The number of methoxy groups -OCH3 is 1. The Balaban J connectivity index is 1.52. The van der Waals surface area contributed by atoms with Gasteiger partial charge in [0.05, 0.1) is 13.2 Å². The number of nitrogens with one attached hydrogen (secondary N) is 1. The first-order valence-electron chi connectivity index (χ1n) is 8.96. The standard InChI is InChI=1S/C22H21NO5S/c1-26-17-10-5-6-11-18(17)27-15-21(25)28-14-20(24)23-22(19-12-7-13-29-19)16-8-3-2-4-9-16/h2-13,22H,14-15H2,1H3,(H,23,24)/t22-/m0/s1. The molecule has 6 nitrogen and oxygen atoms in total. The van der Waals surface area contributed by atoms with Crippen LogP contribution in [-0.2, 0) is 14.3 Å². The molecule has 0 aliphatic heterocycles. The van der Waals surface area contributed by atoms with Gasteiger partial charge >= 0.3 is 5.97 Å². The predicted molar refractivity (Wildman–Crippen MR) is 110 cm³/mol. The van der Waals surface area contributed by atoms with Crippen LogP contribution in [0, 0.1) is 0 Å². The van der Waals surface area contributed by atoms with Crippen LogP contribution in [0.3, 0.4) is 0 Å². The summed E-state index contributed by atoms with van der Waals surface area (Å²) in [6.07, 6.45) is 0. The second kappa shape index (κ2) is 10.3. The van der Waals surface area contributed by atoms with Gasteiger partial charge in [0.2, 0.25) is 0 Å². The van der Waals surface area contributed by atoms with E-state index in [4.69, 9.17) is 14.2 Å². The van der Waals surface area contributed by atoms with Gasteiger partial charge in [-0.25, -0.2) is 4.79 Å². The summed E-state index contributed by atoms with van der Waals surface area (Å²) in [5, 5.41) is 4.87. The second-order valence-electron chi connectivity index (χ2n) is 6.03. The maximum absolute atomic E-state index is 12.4. The highest BCUT2D eigenvalue weighted by Crippen LogP contribution is 2.26. The van der Waals surface area contributed by atoms with Gasteiger partial charge in [-0.3, -0.25) is 4.79 Å². The van der Waals surface area contributed by atoms with Gasteiger partial charge in [-0.05, 0) is 29.1 Å². The average Bonchev–Trinajstić information content (AvgIpc) is 3.30. The lowest BCUT2D eigenvalue weighted by atomic mass is 10.1. The molecule has 1 aromatic heterocycles. The Kier molecular flexibility index (Phi) is 7.24. The Morgan fingerprint density at radius 2 is 1.66 bits per heavy atom. The highest BCUT2D eigenvalue weighted by molar-refractivity contribution is 7.10. The first-order chi connectivity index (χ1) is 14.2. The zero-order valence-electron chi connectivity index (χ0n) is 15.9. The van der Waals surface area contributed by atoms with Crippen LogP contribution in [0.4, 0.5) is 0 Å². The molecular weight excluding hydrogens is 390 g/mol. The number of amides is 1. The van der Waals surface area contributed by atoms with Gasteiger partial charge in [0.15, 0.2) is 24.7 Å². The van der Waals surface area contributed by atoms with Crippen molar-refractivity contribution in [1.82, 2.24) is 5.32 Å². The summed E-state index contributed by atoms with van der Waals surface area (Å²) in [5.41, 5.74) is 0.953. The van der Waals surface area contributed by atoms with Gasteiger partial charge in [-0.1, -0.05) is 48.5 Å². The second-order valence-corrected chi connectivity index (χ2v) is 7.01. The highest BCUT2D eigenvalue weighted by Gasteiger charge is 2.19. The number of para-hydroxylation sites is 2. The molecule has 0 fully saturated rings. The molecule has 0 saturated carbocycles. The van der Waals surface area contributed by atoms with Crippen molar-refractivity contribution in [2.24, 2.45) is 0 Å². The molecule has 3 aromatic rings. The molecule has 1 N–H and O–H groups in total. The summed E-state index contributed by atoms with van der Waals surface area (Å²) in [5.74, 6) is -0.0886. The van der Waals surface area contributed by atoms with Crippen molar-refractivity contribution in [2.75, 3.05) is 20.3 Å². The Hall–Kier alpha value is -3.32. The van der Waals surface area contributed by atoms with Gasteiger partial charge in [0.25, 0.3) is 5.91 Å². The number of hydrogen-bond donors (Lipinski definition) is 1. The van der Waals surface area contributed by atoms with Gasteiger partial charge in [-0.2, -0.15) is 0 Å². The zero-order chi connectivity index (χ0) is 20.5. The number of thiophene rings is 1. The topological polar surface area (TPSA) is 73.9 Å². The number of hydrogen-bond acceptors (Lipinski definition) is 6. The van der Waals surface area contributed by atoms with Gasteiger partial charge in [0, 0.05) is 4.88 Å². The number of esters is 1. The van der Waals surface area contributed by atoms with Crippen LogP contribution in [-0.4, -0.2) is 32.2 Å². The maximum Gasteiger partial charge on any atom is 0.344 e. The van der Waals surface area contributed by atoms with Crippen molar-refractivity contribution in [1.29, 1.82) is 0 Å². The van der Waals surface area contributed by atoms with E-state index in [0.29, 0.717) is 11.5 Å². The Morgan fingerprint density at radius 1 is 0.931 bits per heavy atom. The maximum atomic E-state index is 12.4. The SMILES string of the molecule is COc1ccccc1OCC(=O)OCC(=O)N[C@@H](c1ccccc1)c1cccs1. The van der Waals surface area contributed by atoms with Crippen LogP contribution in [0.15, 0.2) is 72.1 Å². The Bertz CT molecular complexity index is 927. The quantitative estimate of drug-likeness (QED) is 0.545. The van der Waals surface area contributed by atoms with E-state index in [1.54, 1.807) is 35.6 Å². The largest absolute Gasteiger partial charge is 0.493 e. The zero-order valence-corrected chi connectivity index (χ0v) is 16.7. The van der Waals surface area contributed by atoms with Crippen molar-refractivity contribution in [3.05, 3.63) is 82.6 Å². The molecule has 0 bridgehead atoms. The molecule has 1 heterocycles. The molecule has 1 amide bonds. The lowest BCUT2D eigenvalue weighted by molar-refractivity contribution is -0.150. The summed E-state index contributed by atoms with van der Waals surface area (Å²) >= 11 is 1.55. The van der Waals surface area contributed by atoms with E-state index in [1.165, 1.54) is 7.11 Å². The van der Waals surface area contributed by atoms with Crippen LogP contribution in [0.1, 0.15) is 16.5 Å². The average molecular weight is 411 g/mol. The van der Waals surface area contributed by atoms with Gasteiger partial charge in [0.1, 0.15) is 0 Å². The van der Waals surface area contributed by atoms with E-state index in [-0.39, 0.29) is 19.3 Å². The molecule has 7 heteroatoms. The summed E-state index contributed by atoms with van der Waals surface area (Å²) in [6.45, 7) is -0.705. The fourth-order valence-corrected chi connectivity index (χ4v) is 3.49. The number of ether oxygens (including phenoxy) is 3. The highest BCUT2D eigenvalue weighted by atomic mass is 32.1. The Morgan fingerprint density at radius 3 is 2.34 bits per heavy atom. The molecule has 0 saturated heterocycles. The first-order valence-corrected chi connectivity index (χ1v) is 9.84. The molecule has 29 heavy (non-hydrogen) atoms. The molecule has 0 aliphatic rings. The molecule has 3 rings (SSSR count). The van der Waals surface area contributed by atoms with Crippen LogP contribution in [0.5, 0.6) is 11.5 Å². The molecule has 1 atom stereocenters. The number of carbonyl (C=O) groups is 2. The monoisotopic (exact) mass is 411 g/mol. The van der Waals surface area contributed by atoms with E-state index in [1.807, 2.05) is 47.8 Å². The Labute approximate surface area is 173 Å². The van der Waals surface area contributed by atoms with Crippen molar-refractivity contribution < 1.29 is 23.8 Å². The third-order valence-electron chi connectivity index (χ3n) is 4.04. The van der Waals surface area contributed by atoms with Crippen molar-refractivity contribution >= 4 is 23.2 Å². The minimum absolute atomic E-state index is 0.299. The molecular formula is C22H21NO5S. The molecule has 0 aliphatic carbocycles. The smallest absolute Gasteiger partial charge is 0.344 e. The number of rotatable bonds is 9. The first kappa shape index (κ1) is 20.4. The summed E-state index contributed by atoms with van der Waals surface area (Å²) in [6, 6.07) is 20.2. The van der Waals surface area contributed by atoms with Crippen LogP contribution in [0.2, 0.25) is 0 Å². The number of carbonyl (C=O) groups excluding carboxylic acids is 2. The molecule has 0 spiro atoms. The predicted octanol–water partition coefficient (Wildman–Crippen LogP) is 3.58. The molecule has 0 radical (unpaired) electrons. The van der Waals surface area contributed by atoms with E-state index in [0.717, 1.165) is 10.4 Å². The summed E-state index contributed by atoms with van der Waals surface area (Å²) in [7, 11) is 1.52. The van der Waals surface area contributed by atoms with Gasteiger partial charge < -0.3 is 19.5 Å². The van der Waals surface area contributed by atoms with Crippen LogP contribution < -0.4 is 14.8 Å². The van der Waals surface area contributed by atoms with Crippen molar-refractivity contribution in [2.45, 2.75) is 6.04 Å². The lowest BCUT2D eigenvalue weighted by Crippen LogP contribution is -2.33. The normalized spacial score (nSPS) is 11.3. The van der Waals surface area contributed by atoms with Gasteiger partial charge in [-0.15, -0.1) is 11.3 Å². The minimum atomic E-state index is -0.640. The number of benzene rings is 2. The summed E-state index contributed by atoms with van der Waals surface area (Å²) < 4.78 is 15.6. The van der Waals surface area contributed by atoms with Crippen molar-refractivity contribution in [3.63, 3.8) is 0 Å². The molecule has 2 aromatic carbocycles. The van der Waals surface area contributed by atoms with E-state index in [9.17, 15) is 9.59 Å². The molecule has 0 unspecified atom stereocenters. The van der Waals surface area contributed by atoms with Crippen molar-refractivity contribution in [3.8, 4) is 11.5 Å². The molecule has 150 valence electrons. The fraction of sp³-hybridized carbons (Fsp3) is 0.182. The van der Waals surface area contributed by atoms with Crippen LogP contribution in [0.25, 0.3) is 0 Å². The van der Waals surface area contributed by atoms with E-state index in [2.05, 4.69) is 5.32 Å². The van der Waals surface area contributed by atoms with E-state index >= 15 is 0 Å². The lowest BCUT2D eigenvalue weighted by Gasteiger charge is -2.18. The van der Waals surface area contributed by atoms with Crippen LogP contribution >= 0.6 is 11.3 Å². The third-order valence-corrected chi connectivity index (χ3v) is 4.98. The van der Waals surface area contributed by atoms with E-state index < -0.39 is 11.9 Å².